The highest BCUT2D eigenvalue weighted by Crippen LogP contribution is 2.29. The lowest BCUT2D eigenvalue weighted by Crippen LogP contribution is -2.51. The molecule has 0 aromatic heterocycles. The largest absolute Gasteiger partial charge is 0.340 e. The van der Waals surface area contributed by atoms with Crippen molar-refractivity contribution < 1.29 is 9.59 Å². The second-order valence-corrected chi connectivity index (χ2v) is 8.64. The first-order valence-electron chi connectivity index (χ1n) is 10.8. The molecule has 4 rings (SSSR count). The molecule has 0 spiro atoms. The number of halogens is 1. The first-order chi connectivity index (χ1) is 13.6. The van der Waals surface area contributed by atoms with Crippen molar-refractivity contribution in [3.8, 4) is 0 Å². The van der Waals surface area contributed by atoms with Gasteiger partial charge in [-0.25, -0.2) is 4.79 Å². The summed E-state index contributed by atoms with van der Waals surface area (Å²) in [6.45, 7) is 2.55. The number of amides is 3. The highest BCUT2D eigenvalue weighted by Gasteiger charge is 2.38. The van der Waals surface area contributed by atoms with Gasteiger partial charge in [0.25, 0.3) is 0 Å². The van der Waals surface area contributed by atoms with Gasteiger partial charge in [0.05, 0.1) is 5.92 Å². The van der Waals surface area contributed by atoms with Gasteiger partial charge in [0.2, 0.25) is 5.91 Å². The fraction of sp³-hybridized carbons (Fsp3) is 0.636. The summed E-state index contributed by atoms with van der Waals surface area (Å²) in [5.41, 5.74) is 7.57. The Hall–Kier alpha value is -1.79. The van der Waals surface area contributed by atoms with Crippen molar-refractivity contribution in [1.82, 2.24) is 15.1 Å². The lowest BCUT2D eigenvalue weighted by atomic mass is 9.95. The second kappa shape index (κ2) is 9.81. The van der Waals surface area contributed by atoms with Crippen LogP contribution in [0, 0.1) is 5.92 Å². The van der Waals surface area contributed by atoms with Gasteiger partial charge in [0.15, 0.2) is 0 Å². The van der Waals surface area contributed by atoms with Crippen molar-refractivity contribution in [2.75, 3.05) is 26.2 Å². The van der Waals surface area contributed by atoms with Crippen LogP contribution in [0.3, 0.4) is 0 Å². The molecule has 1 aliphatic carbocycles. The molecule has 160 valence electrons. The number of urea groups is 1. The molecule has 7 heteroatoms. The van der Waals surface area contributed by atoms with E-state index in [0.29, 0.717) is 25.7 Å². The van der Waals surface area contributed by atoms with Crippen molar-refractivity contribution in [3.05, 3.63) is 35.9 Å². The van der Waals surface area contributed by atoms with Gasteiger partial charge in [-0.05, 0) is 31.2 Å². The molecule has 1 aromatic carbocycles. The Morgan fingerprint density at radius 2 is 1.66 bits per heavy atom. The summed E-state index contributed by atoms with van der Waals surface area (Å²) in [5.74, 6) is 0.243. The normalized spacial score (nSPS) is 27.6. The van der Waals surface area contributed by atoms with E-state index in [9.17, 15) is 9.59 Å². The average Bonchev–Trinajstić information content (AvgIpc) is 3.38. The summed E-state index contributed by atoms with van der Waals surface area (Å²) < 4.78 is 0. The van der Waals surface area contributed by atoms with Gasteiger partial charge in [-0.15, -0.1) is 12.4 Å². The van der Waals surface area contributed by atoms with Crippen LogP contribution < -0.4 is 11.1 Å². The van der Waals surface area contributed by atoms with Gasteiger partial charge in [-0.1, -0.05) is 43.2 Å². The Balaban J connectivity index is 0.00000240. The quantitative estimate of drug-likeness (QED) is 0.789. The number of hydrogen-bond acceptors (Lipinski definition) is 3. The molecule has 0 radical (unpaired) electrons. The number of carbonyl (C=O) groups excluding carboxylic acids is 2. The lowest BCUT2D eigenvalue weighted by Gasteiger charge is -2.34. The molecule has 1 saturated carbocycles. The second-order valence-electron chi connectivity index (χ2n) is 8.64. The third kappa shape index (κ3) is 5.04. The summed E-state index contributed by atoms with van der Waals surface area (Å²) >= 11 is 0. The first kappa shape index (κ1) is 21.9. The number of benzene rings is 1. The van der Waals surface area contributed by atoms with Crippen LogP contribution in [0.1, 0.15) is 50.0 Å². The topological polar surface area (TPSA) is 78.7 Å². The highest BCUT2D eigenvalue weighted by atomic mass is 35.5. The van der Waals surface area contributed by atoms with Crippen LogP contribution in [0.5, 0.6) is 0 Å². The van der Waals surface area contributed by atoms with E-state index in [4.69, 9.17) is 5.73 Å². The fourth-order valence-electron chi connectivity index (χ4n) is 5.02. The number of hydrogen-bond donors (Lipinski definition) is 2. The maximum atomic E-state index is 13.1. The predicted molar refractivity (Wildman–Crippen MR) is 116 cm³/mol. The zero-order valence-electron chi connectivity index (χ0n) is 17.0. The smallest absolute Gasteiger partial charge is 0.317 e. The molecule has 3 atom stereocenters. The molecule has 6 nitrogen and oxygen atoms in total. The summed E-state index contributed by atoms with van der Waals surface area (Å²) in [5, 5.41) is 3.16. The Morgan fingerprint density at radius 1 is 0.931 bits per heavy atom. The number of rotatable bonds is 3. The van der Waals surface area contributed by atoms with Gasteiger partial charge in [-0.3, -0.25) is 4.79 Å². The van der Waals surface area contributed by atoms with E-state index in [-0.39, 0.29) is 42.2 Å². The first-order valence-corrected chi connectivity index (χ1v) is 10.8. The van der Waals surface area contributed by atoms with Crippen LogP contribution in [-0.4, -0.2) is 60.0 Å². The molecule has 29 heavy (non-hydrogen) atoms. The summed E-state index contributed by atoms with van der Waals surface area (Å²) in [6.07, 6.45) is 6.29. The van der Waals surface area contributed by atoms with E-state index >= 15 is 0 Å². The number of nitrogens with one attached hydrogen (secondary N) is 1. The van der Waals surface area contributed by atoms with E-state index < -0.39 is 0 Å². The highest BCUT2D eigenvalue weighted by molar-refractivity contribution is 5.85. The van der Waals surface area contributed by atoms with Gasteiger partial charge in [-0.2, -0.15) is 0 Å². The summed E-state index contributed by atoms with van der Waals surface area (Å²) in [4.78, 5) is 29.5. The Bertz CT molecular complexity index is 695. The molecule has 2 heterocycles. The van der Waals surface area contributed by atoms with Gasteiger partial charge in [0, 0.05) is 44.2 Å². The summed E-state index contributed by atoms with van der Waals surface area (Å²) in [7, 11) is 0. The monoisotopic (exact) mass is 420 g/mol. The number of likely N-dealkylation sites (tertiary alicyclic amines) is 2. The van der Waals surface area contributed by atoms with Crippen LogP contribution in [-0.2, 0) is 4.79 Å². The third-order valence-electron chi connectivity index (χ3n) is 6.65. The minimum atomic E-state index is -0.107. The molecule has 3 fully saturated rings. The molecule has 3 N–H and O–H groups in total. The number of piperidine rings is 1. The molecule has 1 unspecified atom stereocenters. The van der Waals surface area contributed by atoms with Gasteiger partial charge in [0.1, 0.15) is 0 Å². The average molecular weight is 421 g/mol. The molecule has 2 saturated heterocycles. The maximum Gasteiger partial charge on any atom is 0.317 e. The van der Waals surface area contributed by atoms with E-state index in [1.807, 2.05) is 28.0 Å². The fourth-order valence-corrected chi connectivity index (χ4v) is 5.02. The molecule has 3 aliphatic rings. The molecule has 2 aliphatic heterocycles. The lowest BCUT2D eigenvalue weighted by molar-refractivity contribution is -0.135. The standard InChI is InChI=1S/C22H32N4O2.ClH/c23-20-15-26(14-19(20)16-7-2-1-3-8-16)21(27)17-9-6-12-25(13-17)22(28)24-18-10-4-5-11-18;/h1-3,7-8,17-20H,4-6,9-15,23H2,(H,24,28);1H/t17?,19-,20+;/m0./s1. The number of nitrogens with two attached hydrogens (primary N) is 1. The van der Waals surface area contributed by atoms with E-state index in [1.165, 1.54) is 18.4 Å². The van der Waals surface area contributed by atoms with Crippen LogP contribution in [0.4, 0.5) is 4.79 Å². The van der Waals surface area contributed by atoms with Crippen molar-refractivity contribution in [2.24, 2.45) is 11.7 Å². The van der Waals surface area contributed by atoms with Crippen molar-refractivity contribution in [3.63, 3.8) is 0 Å². The number of carbonyl (C=O) groups is 2. The van der Waals surface area contributed by atoms with E-state index in [2.05, 4.69) is 17.4 Å². The van der Waals surface area contributed by atoms with E-state index in [0.717, 1.165) is 32.2 Å². The van der Waals surface area contributed by atoms with E-state index in [1.54, 1.807) is 0 Å². The minimum absolute atomic E-state index is 0. The van der Waals surface area contributed by atoms with Gasteiger partial charge >= 0.3 is 6.03 Å². The predicted octanol–water partition coefficient (Wildman–Crippen LogP) is 2.73. The Morgan fingerprint density at radius 3 is 2.38 bits per heavy atom. The summed E-state index contributed by atoms with van der Waals surface area (Å²) in [6, 6.07) is 10.5. The Kier molecular flexibility index (Phi) is 7.41. The molecular weight excluding hydrogens is 388 g/mol. The zero-order valence-corrected chi connectivity index (χ0v) is 17.8. The Labute approximate surface area is 179 Å². The van der Waals surface area contributed by atoms with Crippen molar-refractivity contribution in [2.45, 2.75) is 56.5 Å². The van der Waals surface area contributed by atoms with Crippen LogP contribution >= 0.6 is 12.4 Å². The molecular formula is C22H33ClN4O2. The SMILES string of the molecule is Cl.N[C@@H]1CN(C(=O)C2CCCN(C(=O)NC3CCCC3)C2)C[C@H]1c1ccccc1. The minimum Gasteiger partial charge on any atom is -0.340 e. The van der Waals surface area contributed by atoms with Crippen molar-refractivity contribution in [1.29, 1.82) is 0 Å². The third-order valence-corrected chi connectivity index (χ3v) is 6.65. The molecule has 3 amide bonds. The van der Waals surface area contributed by atoms with Crippen molar-refractivity contribution >= 4 is 24.3 Å². The maximum absolute atomic E-state index is 13.1. The van der Waals surface area contributed by atoms with Gasteiger partial charge < -0.3 is 20.9 Å². The number of nitrogens with zero attached hydrogens (tertiary/aromatic N) is 2. The molecule has 0 bridgehead atoms. The van der Waals surface area contributed by atoms with Crippen LogP contribution in [0.15, 0.2) is 30.3 Å². The van der Waals surface area contributed by atoms with Crippen LogP contribution in [0.2, 0.25) is 0 Å². The molecule has 1 aromatic rings. The zero-order chi connectivity index (χ0) is 19.5. The van der Waals surface area contributed by atoms with Crippen LogP contribution in [0.25, 0.3) is 0 Å².